The van der Waals surface area contributed by atoms with Gasteiger partial charge >= 0.3 is 0 Å². The third-order valence-electron chi connectivity index (χ3n) is 3.53. The lowest BCUT2D eigenvalue weighted by Gasteiger charge is -2.16. The maximum absolute atomic E-state index is 5.77. The Morgan fingerprint density at radius 2 is 2.05 bits per heavy atom. The van der Waals surface area contributed by atoms with Gasteiger partial charge in [0.05, 0.1) is 10.9 Å². The molecule has 3 rings (SSSR count). The number of anilines is 1. The van der Waals surface area contributed by atoms with Crippen molar-refractivity contribution < 1.29 is 0 Å². The molecule has 0 aliphatic carbocycles. The summed E-state index contributed by atoms with van der Waals surface area (Å²) in [5.41, 5.74) is 3.75. The Morgan fingerprint density at radius 1 is 1.24 bits per heavy atom. The van der Waals surface area contributed by atoms with Gasteiger partial charge in [-0.15, -0.1) is 11.6 Å². The number of aromatic nitrogens is 4. The highest BCUT2D eigenvalue weighted by atomic mass is 35.5. The van der Waals surface area contributed by atoms with Crippen molar-refractivity contribution in [3.63, 3.8) is 0 Å². The molecule has 2 heterocycles. The first-order valence-corrected chi connectivity index (χ1v) is 7.63. The predicted octanol–water partition coefficient (Wildman–Crippen LogP) is 3.34. The van der Waals surface area contributed by atoms with E-state index < -0.39 is 0 Å². The molecule has 1 N–H and O–H groups in total. The van der Waals surface area contributed by atoms with Gasteiger partial charge in [0, 0.05) is 30.9 Å². The first kappa shape index (κ1) is 14.1. The standard InChI is InChI=1S/C15H18ClN5/c1-10(4-3-8-16)18-12-7-9-17-11-5-6-13-15(14(11)12)20-21(2)19-13/h5-7,9-10H,3-4,8H2,1-2H3,(H,17,18). The number of pyridine rings is 1. The van der Waals surface area contributed by atoms with E-state index in [0.717, 1.165) is 40.5 Å². The smallest absolute Gasteiger partial charge is 0.124 e. The van der Waals surface area contributed by atoms with Gasteiger partial charge in [-0.1, -0.05) is 0 Å². The molecule has 110 valence electrons. The van der Waals surface area contributed by atoms with Gasteiger partial charge in [0.25, 0.3) is 0 Å². The summed E-state index contributed by atoms with van der Waals surface area (Å²) in [6.45, 7) is 2.16. The Balaban J connectivity index is 2.07. The van der Waals surface area contributed by atoms with Crippen molar-refractivity contribution in [1.82, 2.24) is 20.0 Å². The summed E-state index contributed by atoms with van der Waals surface area (Å²) < 4.78 is 0. The molecule has 1 aromatic carbocycles. The van der Waals surface area contributed by atoms with E-state index >= 15 is 0 Å². The number of nitrogens with one attached hydrogen (secondary N) is 1. The maximum Gasteiger partial charge on any atom is 0.124 e. The molecule has 0 spiro atoms. The molecule has 0 amide bonds. The van der Waals surface area contributed by atoms with Crippen LogP contribution in [0.15, 0.2) is 24.4 Å². The minimum Gasteiger partial charge on any atom is -0.382 e. The molecule has 0 bridgehead atoms. The number of halogens is 1. The van der Waals surface area contributed by atoms with Gasteiger partial charge in [-0.2, -0.15) is 15.0 Å². The highest BCUT2D eigenvalue weighted by Crippen LogP contribution is 2.28. The van der Waals surface area contributed by atoms with Gasteiger partial charge in [0.15, 0.2) is 0 Å². The van der Waals surface area contributed by atoms with E-state index in [4.69, 9.17) is 11.6 Å². The van der Waals surface area contributed by atoms with E-state index in [1.807, 2.05) is 31.4 Å². The topological polar surface area (TPSA) is 55.6 Å². The third kappa shape index (κ3) is 2.78. The Labute approximate surface area is 128 Å². The number of nitrogens with zero attached hydrogens (tertiary/aromatic N) is 4. The van der Waals surface area contributed by atoms with Gasteiger partial charge in [-0.25, -0.2) is 0 Å². The van der Waals surface area contributed by atoms with Crippen LogP contribution in [-0.4, -0.2) is 31.9 Å². The van der Waals surface area contributed by atoms with Gasteiger partial charge in [-0.3, -0.25) is 4.98 Å². The number of rotatable bonds is 5. The molecule has 0 aliphatic heterocycles. The van der Waals surface area contributed by atoms with Crippen molar-refractivity contribution in [2.24, 2.45) is 7.05 Å². The maximum atomic E-state index is 5.77. The van der Waals surface area contributed by atoms with Crippen LogP contribution in [0.3, 0.4) is 0 Å². The van der Waals surface area contributed by atoms with Crippen LogP contribution in [0.5, 0.6) is 0 Å². The van der Waals surface area contributed by atoms with Crippen LogP contribution in [0.25, 0.3) is 21.9 Å². The van der Waals surface area contributed by atoms with Crippen LogP contribution in [0, 0.1) is 0 Å². The van der Waals surface area contributed by atoms with Gasteiger partial charge < -0.3 is 5.32 Å². The summed E-state index contributed by atoms with van der Waals surface area (Å²) >= 11 is 5.77. The minimum atomic E-state index is 0.348. The van der Waals surface area contributed by atoms with Crippen LogP contribution >= 0.6 is 11.6 Å². The number of aryl methyl sites for hydroxylation is 1. The lowest BCUT2D eigenvalue weighted by atomic mass is 10.1. The summed E-state index contributed by atoms with van der Waals surface area (Å²) in [7, 11) is 1.83. The van der Waals surface area contributed by atoms with Crippen molar-refractivity contribution in [2.45, 2.75) is 25.8 Å². The molecule has 2 aromatic heterocycles. The molecule has 1 unspecified atom stereocenters. The van der Waals surface area contributed by atoms with Crippen LogP contribution in [0.2, 0.25) is 0 Å². The van der Waals surface area contributed by atoms with E-state index in [2.05, 4.69) is 27.4 Å². The van der Waals surface area contributed by atoms with Crippen LogP contribution < -0.4 is 5.32 Å². The average molecular weight is 304 g/mol. The molecule has 5 nitrogen and oxygen atoms in total. The quantitative estimate of drug-likeness (QED) is 0.735. The predicted molar refractivity (Wildman–Crippen MR) is 86.8 cm³/mol. The molecule has 3 aromatic rings. The Morgan fingerprint density at radius 3 is 2.86 bits per heavy atom. The first-order chi connectivity index (χ1) is 10.2. The van der Waals surface area contributed by atoms with E-state index in [1.54, 1.807) is 4.80 Å². The van der Waals surface area contributed by atoms with Crippen molar-refractivity contribution in [2.75, 3.05) is 11.2 Å². The van der Waals surface area contributed by atoms with Gasteiger partial charge in [-0.05, 0) is 38.0 Å². The highest BCUT2D eigenvalue weighted by Gasteiger charge is 2.12. The molecule has 0 saturated heterocycles. The fourth-order valence-corrected chi connectivity index (χ4v) is 2.72. The van der Waals surface area contributed by atoms with E-state index in [-0.39, 0.29) is 0 Å². The zero-order valence-corrected chi connectivity index (χ0v) is 12.9. The van der Waals surface area contributed by atoms with Crippen molar-refractivity contribution in [3.05, 3.63) is 24.4 Å². The molecule has 6 heteroatoms. The van der Waals surface area contributed by atoms with Gasteiger partial charge in [0.1, 0.15) is 11.0 Å². The van der Waals surface area contributed by atoms with Crippen LogP contribution in [-0.2, 0) is 7.05 Å². The summed E-state index contributed by atoms with van der Waals surface area (Å²) in [5, 5.41) is 13.4. The minimum absolute atomic E-state index is 0.348. The van der Waals surface area contributed by atoms with Crippen LogP contribution in [0.4, 0.5) is 5.69 Å². The summed E-state index contributed by atoms with van der Waals surface area (Å²) in [6, 6.07) is 6.29. The zero-order valence-electron chi connectivity index (χ0n) is 12.2. The van der Waals surface area contributed by atoms with Gasteiger partial charge in [0.2, 0.25) is 0 Å². The van der Waals surface area contributed by atoms with E-state index in [0.29, 0.717) is 11.9 Å². The number of benzene rings is 1. The second-order valence-electron chi connectivity index (χ2n) is 5.25. The van der Waals surface area contributed by atoms with Crippen molar-refractivity contribution >= 4 is 39.2 Å². The summed E-state index contributed by atoms with van der Waals surface area (Å²) in [6.07, 6.45) is 3.85. The van der Waals surface area contributed by atoms with Crippen molar-refractivity contribution in [1.29, 1.82) is 0 Å². The average Bonchev–Trinajstić information content (AvgIpc) is 2.85. The molecular formula is C15H18ClN5. The SMILES string of the molecule is CC(CCCCl)Nc1ccnc2ccc3nn(C)nc3c12. The number of hydrogen-bond donors (Lipinski definition) is 1. The molecule has 0 aliphatic rings. The fourth-order valence-electron chi connectivity index (χ4n) is 2.56. The lowest BCUT2D eigenvalue weighted by molar-refractivity contribution is 0.665. The number of fused-ring (bicyclic) bond motifs is 3. The first-order valence-electron chi connectivity index (χ1n) is 7.10. The molecule has 1 atom stereocenters. The van der Waals surface area contributed by atoms with Crippen molar-refractivity contribution in [3.8, 4) is 0 Å². The second kappa shape index (κ2) is 5.85. The molecule has 0 fully saturated rings. The highest BCUT2D eigenvalue weighted by molar-refractivity contribution is 6.17. The van der Waals surface area contributed by atoms with Crippen LogP contribution in [0.1, 0.15) is 19.8 Å². The normalized spacial score (nSPS) is 12.9. The Kier molecular flexibility index (Phi) is 3.92. The molecule has 0 radical (unpaired) electrons. The Bertz CT molecular complexity index is 767. The van der Waals surface area contributed by atoms with E-state index in [9.17, 15) is 0 Å². The number of hydrogen-bond acceptors (Lipinski definition) is 4. The second-order valence-corrected chi connectivity index (χ2v) is 5.63. The molecule has 21 heavy (non-hydrogen) atoms. The summed E-state index contributed by atoms with van der Waals surface area (Å²) in [5.74, 6) is 0.692. The monoisotopic (exact) mass is 303 g/mol. The largest absolute Gasteiger partial charge is 0.382 e. The lowest BCUT2D eigenvalue weighted by Crippen LogP contribution is -2.15. The van der Waals surface area contributed by atoms with E-state index in [1.165, 1.54) is 0 Å². The number of alkyl halides is 1. The molecule has 0 saturated carbocycles. The molecular weight excluding hydrogens is 286 g/mol. The zero-order chi connectivity index (χ0) is 14.8. The fraction of sp³-hybridized carbons (Fsp3) is 0.400. The third-order valence-corrected chi connectivity index (χ3v) is 3.80. The summed E-state index contributed by atoms with van der Waals surface area (Å²) in [4.78, 5) is 6.03. The Hall–Kier alpha value is -1.88.